The average molecular weight is 462 g/mol. The maximum atomic E-state index is 12.6. The van der Waals surface area contributed by atoms with Crippen LogP contribution in [-0.4, -0.2) is 53.0 Å². The van der Waals surface area contributed by atoms with Gasteiger partial charge in [0.15, 0.2) is 5.17 Å². The zero-order chi connectivity index (χ0) is 23.8. The Bertz CT molecular complexity index is 1170. The fourth-order valence-electron chi connectivity index (χ4n) is 3.74. The Morgan fingerprint density at radius 2 is 1.78 bits per heavy atom. The summed E-state index contributed by atoms with van der Waals surface area (Å²) in [5, 5.41) is 11.6. The SMILES string of the molecule is COC(=O)Nc1ccc2c(c1)c(C1(C)SC(NC(C)=O)=NN1C(C)=O)c(C)n2C(=O)OC. The molecule has 170 valence electrons. The topological polar surface area (TPSA) is 131 Å². The highest BCUT2D eigenvalue weighted by molar-refractivity contribution is 8.14. The number of thioether (sulfide) groups is 1. The molecule has 2 heterocycles. The lowest BCUT2D eigenvalue weighted by Gasteiger charge is -2.31. The highest BCUT2D eigenvalue weighted by atomic mass is 32.2. The molecule has 0 bridgehead atoms. The van der Waals surface area contributed by atoms with Crippen LogP contribution in [0.5, 0.6) is 0 Å². The van der Waals surface area contributed by atoms with Crippen LogP contribution in [0.4, 0.5) is 15.3 Å². The van der Waals surface area contributed by atoms with Crippen LogP contribution in [0, 0.1) is 6.92 Å². The monoisotopic (exact) mass is 461 g/mol. The van der Waals surface area contributed by atoms with Crippen LogP contribution in [0.2, 0.25) is 0 Å². The van der Waals surface area contributed by atoms with Crippen LogP contribution in [0.25, 0.3) is 10.9 Å². The van der Waals surface area contributed by atoms with Crippen molar-refractivity contribution in [1.82, 2.24) is 14.9 Å². The van der Waals surface area contributed by atoms with Gasteiger partial charge in [-0.3, -0.25) is 14.9 Å². The number of amides is 3. The van der Waals surface area contributed by atoms with E-state index in [2.05, 4.69) is 20.5 Å². The zero-order valence-electron chi connectivity index (χ0n) is 18.4. The van der Waals surface area contributed by atoms with Crippen LogP contribution < -0.4 is 10.6 Å². The molecule has 3 rings (SSSR count). The predicted octanol–water partition coefficient (Wildman–Crippen LogP) is 2.92. The third kappa shape index (κ3) is 3.88. The fraction of sp³-hybridized carbons (Fsp3) is 0.350. The number of ether oxygens (including phenoxy) is 2. The summed E-state index contributed by atoms with van der Waals surface area (Å²) in [7, 11) is 2.52. The molecule has 3 amide bonds. The van der Waals surface area contributed by atoms with E-state index in [0.29, 0.717) is 27.8 Å². The van der Waals surface area contributed by atoms with Gasteiger partial charge in [0.2, 0.25) is 11.8 Å². The molecule has 0 saturated carbocycles. The number of hydrogen-bond donors (Lipinski definition) is 2. The summed E-state index contributed by atoms with van der Waals surface area (Å²) in [4.78, 5) is 47.3. The van der Waals surface area contributed by atoms with Crippen LogP contribution in [-0.2, 0) is 23.9 Å². The van der Waals surface area contributed by atoms with E-state index in [1.54, 1.807) is 32.0 Å². The van der Waals surface area contributed by atoms with Crippen molar-refractivity contribution in [2.24, 2.45) is 5.10 Å². The van der Waals surface area contributed by atoms with Crippen LogP contribution >= 0.6 is 11.8 Å². The van der Waals surface area contributed by atoms with E-state index in [1.807, 2.05) is 0 Å². The highest BCUT2D eigenvalue weighted by Crippen LogP contribution is 2.49. The maximum Gasteiger partial charge on any atom is 0.418 e. The van der Waals surface area contributed by atoms with Crippen molar-refractivity contribution in [3.8, 4) is 0 Å². The molecule has 0 radical (unpaired) electrons. The first-order chi connectivity index (χ1) is 15.0. The normalized spacial score (nSPS) is 17.7. The lowest BCUT2D eigenvalue weighted by atomic mass is 10.0. The van der Waals surface area contributed by atoms with Crippen molar-refractivity contribution in [1.29, 1.82) is 0 Å². The quantitative estimate of drug-likeness (QED) is 0.703. The summed E-state index contributed by atoms with van der Waals surface area (Å²) in [5.74, 6) is -0.690. The molecule has 0 aliphatic carbocycles. The largest absolute Gasteiger partial charge is 0.453 e. The molecule has 32 heavy (non-hydrogen) atoms. The van der Waals surface area contributed by atoms with Crippen LogP contribution in [0.1, 0.15) is 32.0 Å². The molecule has 1 aromatic heterocycles. The van der Waals surface area contributed by atoms with Gasteiger partial charge in [-0.05, 0) is 32.0 Å². The van der Waals surface area contributed by atoms with Crippen molar-refractivity contribution in [3.63, 3.8) is 0 Å². The Morgan fingerprint density at radius 1 is 1.09 bits per heavy atom. The van der Waals surface area contributed by atoms with Crippen molar-refractivity contribution < 1.29 is 28.7 Å². The van der Waals surface area contributed by atoms with E-state index in [-0.39, 0.29) is 17.0 Å². The molecule has 1 unspecified atom stereocenters. The Balaban J connectivity index is 2.27. The van der Waals surface area contributed by atoms with Gasteiger partial charge in [-0.1, -0.05) is 11.8 Å². The van der Waals surface area contributed by atoms with Crippen molar-refractivity contribution in [3.05, 3.63) is 29.5 Å². The van der Waals surface area contributed by atoms with Crippen molar-refractivity contribution in [2.75, 3.05) is 19.5 Å². The maximum absolute atomic E-state index is 12.6. The molecule has 0 saturated heterocycles. The van der Waals surface area contributed by atoms with E-state index in [0.717, 1.165) is 11.8 Å². The second kappa shape index (κ2) is 8.54. The summed E-state index contributed by atoms with van der Waals surface area (Å²) >= 11 is 1.16. The Hall–Kier alpha value is -3.54. The van der Waals surface area contributed by atoms with Gasteiger partial charge in [0.25, 0.3) is 0 Å². The van der Waals surface area contributed by atoms with Gasteiger partial charge in [-0.2, -0.15) is 0 Å². The molecule has 0 fully saturated rings. The van der Waals surface area contributed by atoms with Gasteiger partial charge in [-0.15, -0.1) is 5.10 Å². The first-order valence-corrected chi connectivity index (χ1v) is 10.3. The molecule has 1 atom stereocenters. The zero-order valence-corrected chi connectivity index (χ0v) is 19.2. The van der Waals surface area contributed by atoms with E-state index < -0.39 is 17.1 Å². The standard InChI is InChI=1S/C20H23N5O6S/c1-10-16(20(4)25(12(3)27)23-17(32-20)21-11(2)26)14-9-13(22-18(28)30-5)7-8-15(14)24(10)19(29)31-6/h7-9H,1-6H3,(H,22,28)(H,21,23,26). The number of nitrogens with zero attached hydrogens (tertiary/aromatic N) is 3. The van der Waals surface area contributed by atoms with Gasteiger partial charge < -0.3 is 14.8 Å². The van der Waals surface area contributed by atoms with Crippen LogP contribution in [0.3, 0.4) is 0 Å². The molecule has 12 heteroatoms. The number of hydrogen-bond acceptors (Lipinski definition) is 8. The second-order valence-corrected chi connectivity index (χ2v) is 8.50. The van der Waals surface area contributed by atoms with Crippen LogP contribution in [0.15, 0.2) is 23.3 Å². The number of carbonyl (C=O) groups excluding carboxylic acids is 4. The molecule has 2 N–H and O–H groups in total. The number of hydrazone groups is 1. The van der Waals surface area contributed by atoms with Gasteiger partial charge in [0, 0.05) is 36.2 Å². The van der Waals surface area contributed by atoms with Gasteiger partial charge >= 0.3 is 12.2 Å². The predicted molar refractivity (Wildman–Crippen MR) is 119 cm³/mol. The number of amidine groups is 1. The Kier molecular flexibility index (Phi) is 6.17. The minimum absolute atomic E-state index is 0.248. The number of fused-ring (bicyclic) bond motifs is 1. The molecule has 11 nitrogen and oxygen atoms in total. The minimum atomic E-state index is -1.10. The molecule has 2 aromatic rings. The smallest absolute Gasteiger partial charge is 0.418 e. The van der Waals surface area contributed by atoms with E-state index in [1.165, 1.54) is 37.6 Å². The average Bonchev–Trinajstić information content (AvgIpc) is 3.20. The van der Waals surface area contributed by atoms with E-state index in [4.69, 9.17) is 4.74 Å². The Labute approximate surface area is 188 Å². The highest BCUT2D eigenvalue weighted by Gasteiger charge is 2.47. The van der Waals surface area contributed by atoms with E-state index >= 15 is 0 Å². The lowest BCUT2D eigenvalue weighted by Crippen LogP contribution is -2.38. The fourth-order valence-corrected chi connectivity index (χ4v) is 5.05. The summed E-state index contributed by atoms with van der Waals surface area (Å²) in [6.07, 6.45) is -1.27. The summed E-state index contributed by atoms with van der Waals surface area (Å²) in [6, 6.07) is 4.95. The summed E-state index contributed by atoms with van der Waals surface area (Å²) in [5.41, 5.74) is 2.05. The number of methoxy groups -OCH3 is 2. The molecule has 1 aliphatic rings. The molecular formula is C20H23N5O6S. The van der Waals surface area contributed by atoms with Gasteiger partial charge in [0.1, 0.15) is 4.87 Å². The number of rotatable bonds is 2. The molecule has 1 aliphatic heterocycles. The molecule has 1 aromatic carbocycles. The van der Waals surface area contributed by atoms with Crippen molar-refractivity contribution in [2.45, 2.75) is 32.6 Å². The number of benzene rings is 1. The van der Waals surface area contributed by atoms with Gasteiger partial charge in [0.05, 0.1) is 19.7 Å². The van der Waals surface area contributed by atoms with Gasteiger partial charge in [-0.25, -0.2) is 19.2 Å². The number of nitrogens with one attached hydrogen (secondary N) is 2. The number of aromatic nitrogens is 1. The second-order valence-electron chi connectivity index (χ2n) is 7.12. The molecular weight excluding hydrogens is 438 g/mol. The summed E-state index contributed by atoms with van der Waals surface area (Å²) < 4.78 is 11.0. The summed E-state index contributed by atoms with van der Waals surface area (Å²) in [6.45, 7) is 6.19. The van der Waals surface area contributed by atoms with E-state index in [9.17, 15) is 19.2 Å². The van der Waals surface area contributed by atoms with Crippen molar-refractivity contribution >= 4 is 57.5 Å². The molecule has 0 spiro atoms. The third-order valence-corrected chi connectivity index (χ3v) is 6.08. The number of anilines is 1. The third-order valence-electron chi connectivity index (χ3n) is 4.93. The first kappa shape index (κ1) is 23.1. The lowest BCUT2D eigenvalue weighted by molar-refractivity contribution is -0.131. The number of carbonyl (C=O) groups is 4. The first-order valence-electron chi connectivity index (χ1n) is 9.48. The minimum Gasteiger partial charge on any atom is -0.453 e. The Morgan fingerprint density at radius 3 is 2.34 bits per heavy atom.